The van der Waals surface area contributed by atoms with Crippen LogP contribution in [0.25, 0.3) is 0 Å². The molecule has 0 spiro atoms. The van der Waals surface area contributed by atoms with Crippen molar-refractivity contribution in [3.8, 4) is 0 Å². The molecule has 0 saturated carbocycles. The highest BCUT2D eigenvalue weighted by molar-refractivity contribution is 5.80. The molecule has 0 radical (unpaired) electrons. The summed E-state index contributed by atoms with van der Waals surface area (Å²) < 4.78 is 0. The van der Waals surface area contributed by atoms with Gasteiger partial charge in [0.05, 0.1) is 6.04 Å². The van der Waals surface area contributed by atoms with Crippen molar-refractivity contribution in [3.05, 3.63) is 0 Å². The summed E-state index contributed by atoms with van der Waals surface area (Å²) in [6.45, 7) is 2.16. The summed E-state index contributed by atoms with van der Waals surface area (Å²) in [4.78, 5) is 20.5. The number of ketones is 1. The van der Waals surface area contributed by atoms with Gasteiger partial charge in [0.25, 0.3) is 0 Å². The molecule has 0 aliphatic carbocycles. The van der Waals surface area contributed by atoms with Gasteiger partial charge < -0.3 is 11.1 Å². The molecule has 0 aromatic heterocycles. The van der Waals surface area contributed by atoms with Gasteiger partial charge in [-0.05, 0) is 26.2 Å². The summed E-state index contributed by atoms with van der Waals surface area (Å²) in [6, 6.07) is -0.332. The Morgan fingerprint density at radius 3 is 2.75 bits per heavy atom. The summed E-state index contributed by atoms with van der Waals surface area (Å²) >= 11 is 0. The molecule has 0 aromatic carbocycles. The van der Waals surface area contributed by atoms with Crippen molar-refractivity contribution < 1.29 is 9.59 Å². The Balaban J connectivity index is 3.19. The SMILES string of the molecule is CC(=O)[C@H](N)CCCCNC=O. The molecule has 0 heterocycles. The quantitative estimate of drug-likeness (QED) is 0.413. The molecule has 0 fully saturated rings. The second-order valence-corrected chi connectivity index (χ2v) is 2.78. The summed E-state index contributed by atoms with van der Waals surface area (Å²) in [5.41, 5.74) is 5.49. The number of nitrogens with one attached hydrogen (secondary N) is 1. The fourth-order valence-electron chi connectivity index (χ4n) is 0.854. The highest BCUT2D eigenvalue weighted by atomic mass is 16.1. The fraction of sp³-hybridized carbons (Fsp3) is 0.750. The Labute approximate surface area is 72.5 Å². The first-order valence-electron chi connectivity index (χ1n) is 4.11. The number of amides is 1. The third-order valence-electron chi connectivity index (χ3n) is 1.69. The minimum Gasteiger partial charge on any atom is -0.359 e. The summed E-state index contributed by atoms with van der Waals surface area (Å²) in [7, 11) is 0. The molecule has 0 saturated heterocycles. The number of rotatable bonds is 7. The average Bonchev–Trinajstić information content (AvgIpc) is 2.03. The van der Waals surface area contributed by atoms with E-state index in [2.05, 4.69) is 5.32 Å². The van der Waals surface area contributed by atoms with Crippen LogP contribution in [0.3, 0.4) is 0 Å². The summed E-state index contributed by atoms with van der Waals surface area (Å²) in [5, 5.41) is 2.54. The lowest BCUT2D eigenvalue weighted by atomic mass is 10.1. The van der Waals surface area contributed by atoms with Crippen molar-refractivity contribution in [2.75, 3.05) is 6.54 Å². The minimum absolute atomic E-state index is 0.0262. The molecular formula is C8H16N2O2. The molecule has 3 N–H and O–H groups in total. The van der Waals surface area contributed by atoms with Crippen LogP contribution in [0.2, 0.25) is 0 Å². The van der Waals surface area contributed by atoms with Crippen molar-refractivity contribution in [1.82, 2.24) is 5.32 Å². The van der Waals surface area contributed by atoms with Crippen LogP contribution >= 0.6 is 0 Å². The van der Waals surface area contributed by atoms with E-state index in [0.29, 0.717) is 19.4 Å². The van der Waals surface area contributed by atoms with E-state index >= 15 is 0 Å². The van der Waals surface area contributed by atoms with E-state index in [9.17, 15) is 9.59 Å². The molecular weight excluding hydrogens is 156 g/mol. The van der Waals surface area contributed by atoms with Crippen LogP contribution in [0.5, 0.6) is 0 Å². The Hall–Kier alpha value is -0.900. The van der Waals surface area contributed by atoms with E-state index < -0.39 is 0 Å². The number of unbranched alkanes of at least 4 members (excludes halogenated alkanes) is 1. The van der Waals surface area contributed by atoms with Gasteiger partial charge in [0.2, 0.25) is 6.41 Å². The number of hydrogen-bond acceptors (Lipinski definition) is 3. The van der Waals surface area contributed by atoms with Crippen molar-refractivity contribution in [1.29, 1.82) is 0 Å². The van der Waals surface area contributed by atoms with Crippen molar-refractivity contribution in [2.45, 2.75) is 32.2 Å². The molecule has 0 aliphatic rings. The van der Waals surface area contributed by atoms with Gasteiger partial charge >= 0.3 is 0 Å². The molecule has 4 nitrogen and oxygen atoms in total. The third kappa shape index (κ3) is 5.85. The highest BCUT2D eigenvalue weighted by Crippen LogP contribution is 1.98. The first-order valence-corrected chi connectivity index (χ1v) is 4.11. The predicted octanol–water partition coefficient (Wildman–Crippen LogP) is -0.181. The van der Waals surface area contributed by atoms with E-state index in [-0.39, 0.29) is 11.8 Å². The van der Waals surface area contributed by atoms with E-state index in [4.69, 9.17) is 5.73 Å². The maximum atomic E-state index is 10.7. The Kier molecular flexibility index (Phi) is 6.28. The van der Waals surface area contributed by atoms with Crippen LogP contribution in [-0.4, -0.2) is 24.8 Å². The zero-order chi connectivity index (χ0) is 9.40. The van der Waals surface area contributed by atoms with E-state index in [1.54, 1.807) is 0 Å². The predicted molar refractivity (Wildman–Crippen MR) is 46.6 cm³/mol. The topological polar surface area (TPSA) is 72.2 Å². The van der Waals surface area contributed by atoms with Crippen LogP contribution < -0.4 is 11.1 Å². The summed E-state index contributed by atoms with van der Waals surface area (Å²) in [6.07, 6.45) is 3.13. The zero-order valence-corrected chi connectivity index (χ0v) is 7.38. The lowest BCUT2D eigenvalue weighted by Gasteiger charge is -2.06. The Morgan fingerprint density at radius 2 is 2.25 bits per heavy atom. The molecule has 1 atom stereocenters. The van der Waals surface area contributed by atoms with Crippen LogP contribution in [0, 0.1) is 0 Å². The first-order chi connectivity index (χ1) is 5.68. The lowest BCUT2D eigenvalue weighted by Crippen LogP contribution is -2.28. The number of Topliss-reactive ketones (excluding diaryl/α,β-unsaturated/α-hetero) is 1. The average molecular weight is 172 g/mol. The normalized spacial score (nSPS) is 12.2. The smallest absolute Gasteiger partial charge is 0.207 e. The number of carbonyl (C=O) groups excluding carboxylic acids is 2. The van der Waals surface area contributed by atoms with Gasteiger partial charge in [-0.2, -0.15) is 0 Å². The molecule has 70 valence electrons. The molecule has 0 aliphatic heterocycles. The maximum absolute atomic E-state index is 10.7. The molecule has 0 rings (SSSR count). The molecule has 12 heavy (non-hydrogen) atoms. The van der Waals surface area contributed by atoms with Gasteiger partial charge in [-0.1, -0.05) is 0 Å². The van der Waals surface area contributed by atoms with Crippen molar-refractivity contribution in [3.63, 3.8) is 0 Å². The highest BCUT2D eigenvalue weighted by Gasteiger charge is 2.06. The summed E-state index contributed by atoms with van der Waals surface area (Å²) in [5.74, 6) is 0.0262. The molecule has 0 aromatic rings. The second kappa shape index (κ2) is 6.79. The van der Waals surface area contributed by atoms with Crippen LogP contribution in [0.15, 0.2) is 0 Å². The number of carbonyl (C=O) groups is 2. The van der Waals surface area contributed by atoms with E-state index in [1.165, 1.54) is 6.92 Å². The van der Waals surface area contributed by atoms with Crippen LogP contribution in [-0.2, 0) is 9.59 Å². The minimum atomic E-state index is -0.332. The molecule has 1 amide bonds. The van der Waals surface area contributed by atoms with Gasteiger partial charge in [0.15, 0.2) is 0 Å². The molecule has 0 unspecified atom stereocenters. The van der Waals surface area contributed by atoms with E-state index in [1.807, 2.05) is 0 Å². The monoisotopic (exact) mass is 172 g/mol. The van der Waals surface area contributed by atoms with Gasteiger partial charge in [-0.15, -0.1) is 0 Å². The standard InChI is InChI=1S/C8H16N2O2/c1-7(12)8(9)4-2-3-5-10-6-11/h6,8H,2-5,9H2,1H3,(H,10,11)/t8-/m1/s1. The van der Waals surface area contributed by atoms with Gasteiger partial charge in [-0.3, -0.25) is 9.59 Å². The number of nitrogens with two attached hydrogens (primary N) is 1. The number of hydrogen-bond donors (Lipinski definition) is 2. The van der Waals surface area contributed by atoms with Gasteiger partial charge in [-0.25, -0.2) is 0 Å². The van der Waals surface area contributed by atoms with Gasteiger partial charge in [0.1, 0.15) is 5.78 Å². The molecule has 4 heteroatoms. The Morgan fingerprint density at radius 1 is 1.58 bits per heavy atom. The van der Waals surface area contributed by atoms with Crippen LogP contribution in [0.4, 0.5) is 0 Å². The van der Waals surface area contributed by atoms with Crippen molar-refractivity contribution in [2.24, 2.45) is 5.73 Å². The van der Waals surface area contributed by atoms with E-state index in [0.717, 1.165) is 12.8 Å². The first kappa shape index (κ1) is 11.1. The Bertz CT molecular complexity index is 148. The van der Waals surface area contributed by atoms with Crippen molar-refractivity contribution >= 4 is 12.2 Å². The largest absolute Gasteiger partial charge is 0.359 e. The molecule has 0 bridgehead atoms. The third-order valence-corrected chi connectivity index (χ3v) is 1.69. The lowest BCUT2D eigenvalue weighted by molar-refractivity contribution is -0.118. The second-order valence-electron chi connectivity index (χ2n) is 2.78. The van der Waals surface area contributed by atoms with Crippen LogP contribution in [0.1, 0.15) is 26.2 Å². The fourth-order valence-corrected chi connectivity index (χ4v) is 0.854. The maximum Gasteiger partial charge on any atom is 0.207 e. The van der Waals surface area contributed by atoms with Gasteiger partial charge in [0, 0.05) is 6.54 Å². The zero-order valence-electron chi connectivity index (χ0n) is 7.38.